The largest absolute Gasteiger partial charge is 0.383 e. The normalized spacial score (nSPS) is 21.6. The third-order valence-corrected chi connectivity index (χ3v) is 3.33. The zero-order chi connectivity index (χ0) is 12.1. The topological polar surface area (TPSA) is 38.2 Å². The van der Waals surface area contributed by atoms with E-state index in [2.05, 4.69) is 20.9 Å². The maximum Gasteiger partial charge on any atom is 0.125 e. The highest BCUT2D eigenvalue weighted by molar-refractivity contribution is 5.09. The Morgan fingerprint density at radius 1 is 1.53 bits per heavy atom. The molecule has 4 nitrogen and oxygen atoms in total. The van der Waals surface area contributed by atoms with Gasteiger partial charge in [0.05, 0.1) is 6.61 Å². The fourth-order valence-electron chi connectivity index (χ4n) is 2.42. The van der Waals surface area contributed by atoms with Crippen molar-refractivity contribution in [3.05, 3.63) is 23.8 Å². The second kappa shape index (κ2) is 6.07. The molecule has 2 rings (SSSR count). The molecule has 17 heavy (non-hydrogen) atoms. The van der Waals surface area contributed by atoms with Crippen LogP contribution in [-0.4, -0.2) is 48.2 Å². The maximum absolute atomic E-state index is 5.14. The average Bonchev–Trinajstić information content (AvgIpc) is 2.37. The van der Waals surface area contributed by atoms with Crippen LogP contribution >= 0.6 is 0 Å². The van der Waals surface area contributed by atoms with E-state index in [1.165, 1.54) is 25.1 Å². The molecule has 2 heterocycles. The van der Waals surface area contributed by atoms with Gasteiger partial charge in [-0.15, -0.1) is 0 Å². The van der Waals surface area contributed by atoms with Gasteiger partial charge >= 0.3 is 0 Å². The van der Waals surface area contributed by atoms with Crippen molar-refractivity contribution < 1.29 is 4.74 Å². The Hall–Kier alpha value is -1.00. The van der Waals surface area contributed by atoms with Gasteiger partial charge in [0.25, 0.3) is 0 Å². The molecular formula is C13H21N3O. The highest BCUT2D eigenvalue weighted by Crippen LogP contribution is 2.25. The number of aryl methyl sites for hydroxylation is 1. The Labute approximate surface area is 103 Å². The molecule has 0 bridgehead atoms. The van der Waals surface area contributed by atoms with E-state index >= 15 is 0 Å². The van der Waals surface area contributed by atoms with E-state index in [0.29, 0.717) is 5.92 Å². The molecule has 1 atom stereocenters. The van der Waals surface area contributed by atoms with Crippen molar-refractivity contribution in [2.45, 2.75) is 25.7 Å². The van der Waals surface area contributed by atoms with Gasteiger partial charge in [-0.2, -0.15) is 0 Å². The number of rotatable bonds is 4. The van der Waals surface area contributed by atoms with Crippen LogP contribution in [0, 0.1) is 6.92 Å². The Morgan fingerprint density at radius 3 is 3.18 bits per heavy atom. The highest BCUT2D eigenvalue weighted by Gasteiger charge is 2.21. The Balaban J connectivity index is 1.97. The molecule has 4 heteroatoms. The van der Waals surface area contributed by atoms with Crippen molar-refractivity contribution in [1.82, 2.24) is 14.9 Å². The lowest BCUT2D eigenvalue weighted by molar-refractivity contribution is 0.127. The first-order chi connectivity index (χ1) is 8.29. The molecule has 1 aliphatic heterocycles. The molecule has 1 saturated heterocycles. The minimum Gasteiger partial charge on any atom is -0.383 e. The molecule has 0 aromatic carbocycles. The van der Waals surface area contributed by atoms with Gasteiger partial charge in [0.15, 0.2) is 0 Å². The first-order valence-corrected chi connectivity index (χ1v) is 6.30. The molecule has 1 aliphatic rings. The van der Waals surface area contributed by atoms with E-state index < -0.39 is 0 Å². The maximum atomic E-state index is 5.14. The van der Waals surface area contributed by atoms with Crippen LogP contribution in [0.2, 0.25) is 0 Å². The molecular weight excluding hydrogens is 214 g/mol. The highest BCUT2D eigenvalue weighted by atomic mass is 16.5. The van der Waals surface area contributed by atoms with Crippen LogP contribution in [-0.2, 0) is 4.74 Å². The zero-order valence-corrected chi connectivity index (χ0v) is 10.7. The molecule has 1 aromatic heterocycles. The third-order valence-electron chi connectivity index (χ3n) is 3.33. The standard InChI is InChI=1S/C13H21N3O/c1-11-14-6-5-13(15-11)12-4-3-7-16(10-12)8-9-17-2/h5-6,12H,3-4,7-10H2,1-2H3/t12-/m1/s1. The Bertz CT molecular complexity index is 356. The van der Waals surface area contributed by atoms with E-state index in [-0.39, 0.29) is 0 Å². The summed E-state index contributed by atoms with van der Waals surface area (Å²) in [6, 6.07) is 2.05. The summed E-state index contributed by atoms with van der Waals surface area (Å²) in [7, 11) is 1.76. The lowest BCUT2D eigenvalue weighted by atomic mass is 9.94. The fourth-order valence-corrected chi connectivity index (χ4v) is 2.42. The second-order valence-corrected chi connectivity index (χ2v) is 4.66. The molecule has 0 aliphatic carbocycles. The van der Waals surface area contributed by atoms with Crippen molar-refractivity contribution in [3.8, 4) is 0 Å². The van der Waals surface area contributed by atoms with Crippen LogP contribution in [0.4, 0.5) is 0 Å². The van der Waals surface area contributed by atoms with Crippen LogP contribution in [0.25, 0.3) is 0 Å². The predicted molar refractivity (Wildman–Crippen MR) is 67.1 cm³/mol. The monoisotopic (exact) mass is 235 g/mol. The molecule has 0 unspecified atom stereocenters. The van der Waals surface area contributed by atoms with Gasteiger partial charge in [-0.25, -0.2) is 9.97 Å². The van der Waals surface area contributed by atoms with Gasteiger partial charge in [-0.1, -0.05) is 0 Å². The number of piperidine rings is 1. The summed E-state index contributed by atoms with van der Waals surface area (Å²) in [5, 5.41) is 0. The van der Waals surface area contributed by atoms with Gasteiger partial charge < -0.3 is 9.64 Å². The minimum atomic E-state index is 0.558. The van der Waals surface area contributed by atoms with E-state index in [4.69, 9.17) is 4.74 Å². The summed E-state index contributed by atoms with van der Waals surface area (Å²) in [6.45, 7) is 6.07. The zero-order valence-electron chi connectivity index (χ0n) is 10.7. The lowest BCUT2D eigenvalue weighted by Gasteiger charge is -2.32. The summed E-state index contributed by atoms with van der Waals surface area (Å²) >= 11 is 0. The molecule has 94 valence electrons. The minimum absolute atomic E-state index is 0.558. The van der Waals surface area contributed by atoms with Gasteiger partial charge in [-0.05, 0) is 32.4 Å². The number of nitrogens with zero attached hydrogens (tertiary/aromatic N) is 3. The summed E-state index contributed by atoms with van der Waals surface area (Å²) < 4.78 is 5.14. The molecule has 0 saturated carbocycles. The summed E-state index contributed by atoms with van der Waals surface area (Å²) in [5.74, 6) is 1.43. The van der Waals surface area contributed by atoms with E-state index in [1.54, 1.807) is 7.11 Å². The third kappa shape index (κ3) is 3.48. The number of ether oxygens (including phenoxy) is 1. The average molecular weight is 235 g/mol. The second-order valence-electron chi connectivity index (χ2n) is 4.66. The molecule has 0 radical (unpaired) electrons. The van der Waals surface area contributed by atoms with Crippen molar-refractivity contribution in [2.75, 3.05) is 33.4 Å². The smallest absolute Gasteiger partial charge is 0.125 e. The number of aromatic nitrogens is 2. The van der Waals surface area contributed by atoms with Crippen LogP contribution in [0.1, 0.15) is 30.3 Å². The Morgan fingerprint density at radius 2 is 2.41 bits per heavy atom. The van der Waals surface area contributed by atoms with Gasteiger partial charge in [0, 0.05) is 38.0 Å². The number of hydrogen-bond donors (Lipinski definition) is 0. The van der Waals surface area contributed by atoms with Crippen molar-refractivity contribution in [3.63, 3.8) is 0 Å². The first kappa shape index (κ1) is 12.5. The lowest BCUT2D eigenvalue weighted by Crippen LogP contribution is -2.36. The van der Waals surface area contributed by atoms with Gasteiger partial charge in [0.1, 0.15) is 5.82 Å². The summed E-state index contributed by atoms with van der Waals surface area (Å²) in [6.07, 6.45) is 4.35. The van der Waals surface area contributed by atoms with Crippen molar-refractivity contribution in [2.24, 2.45) is 0 Å². The molecule has 1 aromatic rings. The molecule has 0 spiro atoms. The molecule has 0 N–H and O–H groups in total. The predicted octanol–water partition coefficient (Wildman–Crippen LogP) is 1.61. The first-order valence-electron chi connectivity index (χ1n) is 6.30. The van der Waals surface area contributed by atoms with Crippen LogP contribution in [0.5, 0.6) is 0 Å². The van der Waals surface area contributed by atoms with Crippen LogP contribution in [0.15, 0.2) is 12.3 Å². The van der Waals surface area contributed by atoms with Crippen molar-refractivity contribution >= 4 is 0 Å². The van der Waals surface area contributed by atoms with Gasteiger partial charge in [0.2, 0.25) is 0 Å². The summed E-state index contributed by atoms with van der Waals surface area (Å²) in [4.78, 5) is 11.2. The summed E-state index contributed by atoms with van der Waals surface area (Å²) in [5.41, 5.74) is 1.19. The van der Waals surface area contributed by atoms with E-state index in [0.717, 1.165) is 25.5 Å². The van der Waals surface area contributed by atoms with Crippen LogP contribution in [0.3, 0.4) is 0 Å². The van der Waals surface area contributed by atoms with Gasteiger partial charge in [-0.3, -0.25) is 0 Å². The number of methoxy groups -OCH3 is 1. The van der Waals surface area contributed by atoms with Crippen molar-refractivity contribution in [1.29, 1.82) is 0 Å². The van der Waals surface area contributed by atoms with Crippen LogP contribution < -0.4 is 0 Å². The SMILES string of the molecule is COCCN1CCC[C@@H](c2ccnc(C)n2)C1. The molecule has 1 fully saturated rings. The van der Waals surface area contributed by atoms with E-state index in [1.807, 2.05) is 13.1 Å². The Kier molecular flexibility index (Phi) is 4.45. The number of hydrogen-bond acceptors (Lipinski definition) is 4. The fraction of sp³-hybridized carbons (Fsp3) is 0.692. The quantitative estimate of drug-likeness (QED) is 0.794. The number of likely N-dealkylation sites (tertiary alicyclic amines) is 1. The molecule has 0 amide bonds. The van der Waals surface area contributed by atoms with E-state index in [9.17, 15) is 0 Å².